The van der Waals surface area contributed by atoms with Crippen molar-refractivity contribution in [1.29, 1.82) is 0 Å². The highest BCUT2D eigenvalue weighted by Gasteiger charge is 2.43. The third-order valence-electron chi connectivity index (χ3n) is 4.15. The lowest BCUT2D eigenvalue weighted by Gasteiger charge is -2.39. The summed E-state index contributed by atoms with van der Waals surface area (Å²) in [7, 11) is 0. The lowest BCUT2D eigenvalue weighted by molar-refractivity contribution is -0.384. The SMILES string of the molecule is O=C(Oc1ccc([N+](=O)[O-])cc1)OC1(N2C=CN=CC2)CCCC1. The van der Waals surface area contributed by atoms with E-state index in [1.165, 1.54) is 24.3 Å². The average Bonchev–Trinajstić information content (AvgIpc) is 3.05. The maximum absolute atomic E-state index is 12.2. The Labute approximate surface area is 138 Å². The molecule has 0 N–H and O–H groups in total. The van der Waals surface area contributed by atoms with Crippen LogP contribution in [0.25, 0.3) is 0 Å². The Morgan fingerprint density at radius 3 is 2.54 bits per heavy atom. The number of rotatable bonds is 4. The van der Waals surface area contributed by atoms with Crippen LogP contribution in [0, 0.1) is 10.1 Å². The van der Waals surface area contributed by atoms with Crippen molar-refractivity contribution in [2.75, 3.05) is 6.54 Å². The number of nitro benzene ring substituents is 1. The van der Waals surface area contributed by atoms with Crippen molar-refractivity contribution in [2.24, 2.45) is 4.99 Å². The molecule has 1 aromatic rings. The standard InChI is InChI=1S/C16H17N3O5/c20-15(23-14-5-3-13(4-6-14)19(21)22)24-16(7-1-2-8-16)18-11-9-17-10-12-18/h3-6,9-11H,1-2,7-8,12H2. The van der Waals surface area contributed by atoms with Crippen LogP contribution in [-0.4, -0.2) is 34.5 Å². The van der Waals surface area contributed by atoms with Gasteiger partial charge in [0, 0.05) is 43.6 Å². The van der Waals surface area contributed by atoms with Crippen LogP contribution in [0.4, 0.5) is 10.5 Å². The van der Waals surface area contributed by atoms with E-state index in [1.807, 2.05) is 11.1 Å². The van der Waals surface area contributed by atoms with Crippen LogP contribution in [0.1, 0.15) is 25.7 Å². The fourth-order valence-electron chi connectivity index (χ4n) is 2.96. The smallest absolute Gasteiger partial charge is 0.407 e. The molecule has 0 saturated heterocycles. The minimum Gasteiger partial charge on any atom is -0.407 e. The normalized spacial score (nSPS) is 18.4. The Balaban J connectivity index is 1.66. The molecule has 0 spiro atoms. The Morgan fingerprint density at radius 2 is 1.96 bits per heavy atom. The fourth-order valence-corrected chi connectivity index (χ4v) is 2.96. The van der Waals surface area contributed by atoms with Gasteiger partial charge in [-0.1, -0.05) is 0 Å². The predicted octanol–water partition coefficient (Wildman–Crippen LogP) is 3.24. The zero-order chi connectivity index (χ0) is 17.0. The molecule has 8 nitrogen and oxygen atoms in total. The number of non-ortho nitro benzene ring substituents is 1. The average molecular weight is 331 g/mol. The van der Waals surface area contributed by atoms with Gasteiger partial charge in [0.15, 0.2) is 5.72 Å². The number of ether oxygens (including phenoxy) is 2. The molecule has 126 valence electrons. The van der Waals surface area contributed by atoms with Crippen LogP contribution in [0.3, 0.4) is 0 Å². The molecule has 1 aliphatic carbocycles. The number of benzene rings is 1. The third-order valence-corrected chi connectivity index (χ3v) is 4.15. The second-order valence-electron chi connectivity index (χ2n) is 5.64. The number of nitro groups is 1. The summed E-state index contributed by atoms with van der Waals surface area (Å²) in [5, 5.41) is 10.6. The van der Waals surface area contributed by atoms with Crippen LogP contribution in [0.15, 0.2) is 41.7 Å². The summed E-state index contributed by atoms with van der Waals surface area (Å²) in [4.78, 5) is 28.3. The zero-order valence-corrected chi connectivity index (χ0v) is 13.0. The Kier molecular flexibility index (Phi) is 4.45. The van der Waals surface area contributed by atoms with Crippen molar-refractivity contribution >= 4 is 18.1 Å². The fraction of sp³-hybridized carbons (Fsp3) is 0.375. The van der Waals surface area contributed by atoms with E-state index < -0.39 is 16.8 Å². The van der Waals surface area contributed by atoms with E-state index in [9.17, 15) is 14.9 Å². The predicted molar refractivity (Wildman–Crippen MR) is 85.7 cm³/mol. The van der Waals surface area contributed by atoms with Gasteiger partial charge in [-0.25, -0.2) is 4.79 Å². The number of hydrogen-bond acceptors (Lipinski definition) is 7. The van der Waals surface area contributed by atoms with Gasteiger partial charge in [-0.2, -0.15) is 0 Å². The molecule has 1 fully saturated rings. The number of carbonyl (C=O) groups is 1. The van der Waals surface area contributed by atoms with E-state index in [0.29, 0.717) is 6.54 Å². The first-order valence-corrected chi connectivity index (χ1v) is 7.69. The van der Waals surface area contributed by atoms with E-state index >= 15 is 0 Å². The quantitative estimate of drug-likeness (QED) is 0.364. The third kappa shape index (κ3) is 3.37. The molecule has 0 atom stereocenters. The van der Waals surface area contributed by atoms with Crippen LogP contribution in [-0.2, 0) is 4.74 Å². The second kappa shape index (κ2) is 6.69. The summed E-state index contributed by atoms with van der Waals surface area (Å²) in [6.07, 6.45) is 7.78. The van der Waals surface area contributed by atoms with Crippen molar-refractivity contribution in [3.05, 3.63) is 46.8 Å². The monoisotopic (exact) mass is 331 g/mol. The largest absolute Gasteiger partial charge is 0.515 e. The van der Waals surface area contributed by atoms with Gasteiger partial charge in [0.2, 0.25) is 0 Å². The van der Waals surface area contributed by atoms with E-state index in [0.717, 1.165) is 25.7 Å². The van der Waals surface area contributed by atoms with Crippen LogP contribution >= 0.6 is 0 Å². The van der Waals surface area contributed by atoms with Crippen LogP contribution < -0.4 is 4.74 Å². The van der Waals surface area contributed by atoms with Gasteiger partial charge < -0.3 is 14.4 Å². The highest BCUT2D eigenvalue weighted by molar-refractivity contribution is 5.65. The molecule has 0 amide bonds. The van der Waals surface area contributed by atoms with E-state index in [-0.39, 0.29) is 11.4 Å². The maximum Gasteiger partial charge on any atom is 0.515 e. The van der Waals surface area contributed by atoms with Gasteiger partial charge >= 0.3 is 6.16 Å². The highest BCUT2D eigenvalue weighted by Crippen LogP contribution is 2.37. The first-order valence-electron chi connectivity index (χ1n) is 7.69. The number of nitrogens with zero attached hydrogens (tertiary/aromatic N) is 3. The summed E-state index contributed by atoms with van der Waals surface area (Å²) in [6.45, 7) is 0.571. The zero-order valence-electron chi connectivity index (χ0n) is 13.0. The van der Waals surface area contributed by atoms with E-state index in [4.69, 9.17) is 9.47 Å². The topological polar surface area (TPSA) is 94.3 Å². The molecule has 0 radical (unpaired) electrons. The molecule has 24 heavy (non-hydrogen) atoms. The van der Waals surface area contributed by atoms with E-state index in [2.05, 4.69) is 4.99 Å². The highest BCUT2D eigenvalue weighted by atomic mass is 16.7. The van der Waals surface area contributed by atoms with Crippen molar-refractivity contribution in [3.63, 3.8) is 0 Å². The summed E-state index contributed by atoms with van der Waals surface area (Å²) < 4.78 is 10.8. The number of hydrogen-bond donors (Lipinski definition) is 0. The molecular weight excluding hydrogens is 314 g/mol. The summed E-state index contributed by atoms with van der Waals surface area (Å²) >= 11 is 0. The van der Waals surface area contributed by atoms with Gasteiger partial charge in [-0.3, -0.25) is 15.1 Å². The minimum absolute atomic E-state index is 0.0688. The van der Waals surface area contributed by atoms with Crippen molar-refractivity contribution < 1.29 is 19.2 Å². The van der Waals surface area contributed by atoms with Gasteiger partial charge in [-0.05, 0) is 25.0 Å². The first-order chi connectivity index (χ1) is 11.6. The molecule has 1 heterocycles. The van der Waals surface area contributed by atoms with Crippen LogP contribution in [0.5, 0.6) is 5.75 Å². The molecule has 0 unspecified atom stereocenters. The summed E-state index contributed by atoms with van der Waals surface area (Å²) in [5.74, 6) is 0.203. The first kappa shape index (κ1) is 16.0. The Bertz CT molecular complexity index is 677. The van der Waals surface area contributed by atoms with Gasteiger partial charge in [0.1, 0.15) is 5.75 Å². The second-order valence-corrected chi connectivity index (χ2v) is 5.64. The molecule has 0 bridgehead atoms. The molecule has 1 aliphatic heterocycles. The van der Waals surface area contributed by atoms with Crippen molar-refractivity contribution in [2.45, 2.75) is 31.4 Å². The Morgan fingerprint density at radius 1 is 1.25 bits per heavy atom. The maximum atomic E-state index is 12.2. The van der Waals surface area contributed by atoms with Gasteiger partial charge in [0.25, 0.3) is 5.69 Å². The summed E-state index contributed by atoms with van der Waals surface area (Å²) in [5.41, 5.74) is -0.790. The lowest BCUT2D eigenvalue weighted by atomic mass is 10.1. The number of aliphatic imine (C=N–C) groups is 1. The lowest BCUT2D eigenvalue weighted by Crippen LogP contribution is -2.49. The molecular formula is C16H17N3O5. The molecule has 0 aromatic heterocycles. The molecule has 1 saturated carbocycles. The Hall–Kier alpha value is -2.90. The minimum atomic E-state index is -0.818. The van der Waals surface area contributed by atoms with Gasteiger partial charge in [-0.15, -0.1) is 0 Å². The number of carbonyl (C=O) groups excluding carboxylic acids is 1. The molecule has 1 aromatic carbocycles. The van der Waals surface area contributed by atoms with Crippen molar-refractivity contribution in [1.82, 2.24) is 4.90 Å². The van der Waals surface area contributed by atoms with Crippen LogP contribution in [0.2, 0.25) is 0 Å². The molecule has 2 aliphatic rings. The molecule has 8 heteroatoms. The van der Waals surface area contributed by atoms with Crippen molar-refractivity contribution in [3.8, 4) is 5.75 Å². The van der Waals surface area contributed by atoms with E-state index in [1.54, 1.807) is 12.4 Å². The molecule has 3 rings (SSSR count). The van der Waals surface area contributed by atoms with Gasteiger partial charge in [0.05, 0.1) is 11.5 Å². The summed E-state index contributed by atoms with van der Waals surface area (Å²) in [6, 6.07) is 5.29.